The first-order valence-electron chi connectivity index (χ1n) is 6.51. The zero-order valence-electron chi connectivity index (χ0n) is 11.3. The standard InChI is InChI=1S/C16H12INO3/c1-2-20-16(19)11-8-12-13(17)14(21-15(12)18-9-11)10-6-4-3-5-7-10/h3-9H,2H2,1H3. The summed E-state index contributed by atoms with van der Waals surface area (Å²) in [5.41, 5.74) is 1.94. The summed E-state index contributed by atoms with van der Waals surface area (Å²) in [7, 11) is 0. The van der Waals surface area contributed by atoms with Gasteiger partial charge in [0.2, 0.25) is 5.71 Å². The minimum Gasteiger partial charge on any atom is -0.462 e. The van der Waals surface area contributed by atoms with Crippen LogP contribution in [0, 0.1) is 3.57 Å². The number of benzene rings is 1. The second-order valence-corrected chi connectivity index (χ2v) is 5.49. The van der Waals surface area contributed by atoms with Gasteiger partial charge in [-0.3, -0.25) is 0 Å². The molecule has 0 aliphatic carbocycles. The van der Waals surface area contributed by atoms with Crippen LogP contribution in [-0.4, -0.2) is 17.6 Å². The SMILES string of the molecule is CCOC(=O)c1cnc2oc(-c3ccccc3)c(I)c2c1. The van der Waals surface area contributed by atoms with Gasteiger partial charge in [-0.25, -0.2) is 9.78 Å². The van der Waals surface area contributed by atoms with Gasteiger partial charge in [-0.1, -0.05) is 30.3 Å². The van der Waals surface area contributed by atoms with E-state index in [1.54, 1.807) is 13.0 Å². The lowest BCUT2D eigenvalue weighted by Crippen LogP contribution is -2.04. The van der Waals surface area contributed by atoms with E-state index in [1.807, 2.05) is 30.3 Å². The summed E-state index contributed by atoms with van der Waals surface area (Å²) >= 11 is 2.21. The first kappa shape index (κ1) is 14.1. The lowest BCUT2D eigenvalue weighted by molar-refractivity contribution is 0.0526. The second-order valence-electron chi connectivity index (χ2n) is 4.41. The van der Waals surface area contributed by atoms with E-state index in [9.17, 15) is 4.79 Å². The van der Waals surface area contributed by atoms with Crippen molar-refractivity contribution in [2.24, 2.45) is 0 Å². The van der Waals surface area contributed by atoms with Crippen LogP contribution in [0.15, 0.2) is 47.0 Å². The van der Waals surface area contributed by atoms with Crippen LogP contribution >= 0.6 is 22.6 Å². The Balaban J connectivity index is 2.11. The minimum atomic E-state index is -0.370. The topological polar surface area (TPSA) is 52.3 Å². The van der Waals surface area contributed by atoms with Crippen LogP contribution in [0.25, 0.3) is 22.4 Å². The normalized spacial score (nSPS) is 10.8. The third-order valence-electron chi connectivity index (χ3n) is 3.03. The van der Waals surface area contributed by atoms with E-state index in [4.69, 9.17) is 9.15 Å². The molecule has 0 amide bonds. The van der Waals surface area contributed by atoms with Gasteiger partial charge in [0.1, 0.15) is 0 Å². The van der Waals surface area contributed by atoms with Crippen molar-refractivity contribution in [2.75, 3.05) is 6.61 Å². The monoisotopic (exact) mass is 393 g/mol. The van der Waals surface area contributed by atoms with Crippen molar-refractivity contribution in [3.05, 3.63) is 51.7 Å². The van der Waals surface area contributed by atoms with Gasteiger partial charge in [0, 0.05) is 11.8 Å². The van der Waals surface area contributed by atoms with Crippen molar-refractivity contribution < 1.29 is 13.9 Å². The molecule has 2 aromatic heterocycles. The molecule has 0 fully saturated rings. The highest BCUT2D eigenvalue weighted by atomic mass is 127. The molecule has 3 rings (SSSR count). The van der Waals surface area contributed by atoms with Crippen molar-refractivity contribution in [2.45, 2.75) is 6.92 Å². The number of aromatic nitrogens is 1. The Labute approximate surface area is 135 Å². The maximum atomic E-state index is 11.8. The lowest BCUT2D eigenvalue weighted by atomic mass is 10.1. The number of esters is 1. The second kappa shape index (κ2) is 5.85. The molecular formula is C16H12INO3. The molecule has 0 N–H and O–H groups in total. The first-order valence-corrected chi connectivity index (χ1v) is 7.59. The van der Waals surface area contributed by atoms with Gasteiger partial charge in [0.25, 0.3) is 0 Å². The Kier molecular flexibility index (Phi) is 3.92. The molecule has 0 aliphatic heterocycles. The van der Waals surface area contributed by atoms with Gasteiger partial charge in [0.15, 0.2) is 5.76 Å². The molecule has 0 radical (unpaired) electrons. The number of ether oxygens (including phenoxy) is 1. The molecule has 5 heteroatoms. The highest BCUT2D eigenvalue weighted by molar-refractivity contribution is 14.1. The van der Waals surface area contributed by atoms with Gasteiger partial charge < -0.3 is 9.15 Å². The minimum absolute atomic E-state index is 0.342. The number of furan rings is 1. The van der Waals surface area contributed by atoms with E-state index < -0.39 is 0 Å². The fourth-order valence-corrected chi connectivity index (χ4v) is 2.86. The van der Waals surface area contributed by atoms with Gasteiger partial charge in [-0.15, -0.1) is 0 Å². The molecule has 0 atom stereocenters. The molecule has 1 aromatic carbocycles. The molecular weight excluding hydrogens is 381 g/mol. The Morgan fingerprint density at radius 2 is 2.10 bits per heavy atom. The highest BCUT2D eigenvalue weighted by Crippen LogP contribution is 2.34. The Bertz CT molecular complexity index is 796. The van der Waals surface area contributed by atoms with Crippen LogP contribution in [0.5, 0.6) is 0 Å². The van der Waals surface area contributed by atoms with Gasteiger partial charge in [-0.05, 0) is 35.6 Å². The summed E-state index contributed by atoms with van der Waals surface area (Å²) in [6, 6.07) is 11.6. The van der Waals surface area contributed by atoms with Crippen molar-refractivity contribution >= 4 is 39.7 Å². The smallest absolute Gasteiger partial charge is 0.339 e. The number of fused-ring (bicyclic) bond motifs is 1. The quantitative estimate of drug-likeness (QED) is 0.493. The molecule has 0 saturated carbocycles. The highest BCUT2D eigenvalue weighted by Gasteiger charge is 2.17. The van der Waals surface area contributed by atoms with Gasteiger partial charge in [-0.2, -0.15) is 0 Å². The van der Waals surface area contributed by atoms with E-state index >= 15 is 0 Å². The van der Waals surface area contributed by atoms with Crippen molar-refractivity contribution in [1.82, 2.24) is 4.98 Å². The molecule has 3 aromatic rings. The third-order valence-corrected chi connectivity index (χ3v) is 4.10. The number of pyridine rings is 1. The molecule has 0 bridgehead atoms. The van der Waals surface area contributed by atoms with E-state index in [0.29, 0.717) is 17.9 Å². The Morgan fingerprint density at radius 3 is 2.81 bits per heavy atom. The van der Waals surface area contributed by atoms with E-state index in [-0.39, 0.29) is 5.97 Å². The largest absolute Gasteiger partial charge is 0.462 e. The summed E-state index contributed by atoms with van der Waals surface area (Å²) in [6.45, 7) is 2.12. The number of halogens is 1. The number of nitrogens with zero attached hydrogens (tertiary/aromatic N) is 1. The fourth-order valence-electron chi connectivity index (χ4n) is 2.06. The van der Waals surface area contributed by atoms with Gasteiger partial charge >= 0.3 is 5.97 Å². The Morgan fingerprint density at radius 1 is 1.33 bits per heavy atom. The van der Waals surface area contributed by atoms with Crippen LogP contribution < -0.4 is 0 Å². The van der Waals surface area contributed by atoms with Crippen LogP contribution in [0.2, 0.25) is 0 Å². The summed E-state index contributed by atoms with van der Waals surface area (Å²) in [5.74, 6) is 0.393. The van der Waals surface area contributed by atoms with Crippen molar-refractivity contribution in [3.63, 3.8) is 0 Å². The number of hydrogen-bond donors (Lipinski definition) is 0. The average Bonchev–Trinajstić information content (AvgIpc) is 2.85. The third kappa shape index (κ3) is 2.65. The van der Waals surface area contributed by atoms with E-state index in [1.165, 1.54) is 6.20 Å². The lowest BCUT2D eigenvalue weighted by Gasteiger charge is -2.00. The molecule has 0 unspecified atom stereocenters. The first-order chi connectivity index (χ1) is 10.2. The number of hydrogen-bond acceptors (Lipinski definition) is 4. The van der Waals surface area contributed by atoms with Crippen LogP contribution in [-0.2, 0) is 4.74 Å². The molecule has 0 saturated heterocycles. The zero-order chi connectivity index (χ0) is 14.8. The maximum Gasteiger partial charge on any atom is 0.339 e. The molecule has 0 aliphatic rings. The molecule has 4 nitrogen and oxygen atoms in total. The van der Waals surface area contributed by atoms with E-state index in [0.717, 1.165) is 20.3 Å². The predicted molar refractivity (Wildman–Crippen MR) is 88.1 cm³/mol. The van der Waals surface area contributed by atoms with Crippen LogP contribution in [0.3, 0.4) is 0 Å². The summed E-state index contributed by atoms with van der Waals surface area (Å²) in [4.78, 5) is 16.0. The molecule has 2 heterocycles. The molecule has 0 spiro atoms. The van der Waals surface area contributed by atoms with Crippen molar-refractivity contribution in [1.29, 1.82) is 0 Å². The maximum absolute atomic E-state index is 11.8. The summed E-state index contributed by atoms with van der Waals surface area (Å²) in [5, 5.41) is 0.819. The van der Waals surface area contributed by atoms with Crippen LogP contribution in [0.1, 0.15) is 17.3 Å². The molecule has 106 valence electrons. The Hall–Kier alpha value is -1.89. The van der Waals surface area contributed by atoms with E-state index in [2.05, 4.69) is 27.6 Å². The average molecular weight is 393 g/mol. The summed E-state index contributed by atoms with van der Waals surface area (Å²) in [6.07, 6.45) is 1.48. The molecule has 21 heavy (non-hydrogen) atoms. The zero-order valence-corrected chi connectivity index (χ0v) is 13.5. The van der Waals surface area contributed by atoms with Crippen LogP contribution in [0.4, 0.5) is 0 Å². The fraction of sp³-hybridized carbons (Fsp3) is 0.125. The number of carbonyl (C=O) groups is 1. The van der Waals surface area contributed by atoms with Gasteiger partial charge in [0.05, 0.1) is 21.1 Å². The summed E-state index contributed by atoms with van der Waals surface area (Å²) < 4.78 is 11.7. The number of carbonyl (C=O) groups excluding carboxylic acids is 1. The number of rotatable bonds is 3. The van der Waals surface area contributed by atoms with Crippen molar-refractivity contribution in [3.8, 4) is 11.3 Å². The predicted octanol–water partition coefficient (Wildman–Crippen LogP) is 4.28.